The van der Waals surface area contributed by atoms with Crippen LogP contribution in [0.3, 0.4) is 0 Å². The molecule has 0 aliphatic heterocycles. The van der Waals surface area contributed by atoms with Crippen molar-refractivity contribution in [2.75, 3.05) is 5.73 Å². The second-order valence-corrected chi connectivity index (χ2v) is 8.20. The number of rotatable bonds is 2. The summed E-state index contributed by atoms with van der Waals surface area (Å²) in [4.78, 5) is 0. The van der Waals surface area contributed by atoms with E-state index in [0.717, 1.165) is 5.69 Å². The van der Waals surface area contributed by atoms with Gasteiger partial charge in [-0.2, -0.15) is 0 Å². The van der Waals surface area contributed by atoms with Gasteiger partial charge in [-0.3, -0.25) is 0 Å². The first-order valence-corrected chi connectivity index (χ1v) is 10.3. The van der Waals surface area contributed by atoms with E-state index in [1.807, 2.05) is 0 Å². The summed E-state index contributed by atoms with van der Waals surface area (Å²) in [5, 5.41) is 0. The van der Waals surface area contributed by atoms with E-state index >= 15 is 0 Å². The Morgan fingerprint density at radius 2 is 1.30 bits per heavy atom. The van der Waals surface area contributed by atoms with E-state index in [-0.39, 0.29) is 5.41 Å². The Kier molecular flexibility index (Phi) is 4.04. The molecule has 1 nitrogen and oxygen atoms in total. The average Bonchev–Trinajstić information content (AvgIpc) is 2.85. The zero-order valence-corrected chi connectivity index (χ0v) is 15.8. The summed E-state index contributed by atoms with van der Waals surface area (Å²) < 4.78 is 0. The van der Waals surface area contributed by atoms with Crippen molar-refractivity contribution in [3.8, 4) is 0 Å². The minimum Gasteiger partial charge on any atom is -0.398 e. The molecule has 3 aromatic carbocycles. The minimum absolute atomic E-state index is 0.141. The standard InChI is InChI=1S/C26H27N/c27-24-18-10-16-22-21-15-8-3-9-17-23(21)26(25(22)24,19-11-4-1-5-12-19)20-13-6-2-7-14-20/h1-2,4-7,10-14,16,18,21,23H,3,8-9,15,17,27H2. The number of hydrogen-bond donors (Lipinski definition) is 1. The third-order valence-electron chi connectivity index (χ3n) is 6.95. The normalized spacial score (nSPS) is 23.3. The summed E-state index contributed by atoms with van der Waals surface area (Å²) in [5.41, 5.74) is 13.2. The monoisotopic (exact) mass is 353 g/mol. The van der Waals surface area contributed by atoms with Crippen LogP contribution in [0.5, 0.6) is 0 Å². The molecule has 3 aromatic rings. The molecule has 0 bridgehead atoms. The molecule has 1 heteroatoms. The smallest absolute Gasteiger partial charge is 0.0508 e. The second kappa shape index (κ2) is 6.56. The molecule has 1 saturated carbocycles. The summed E-state index contributed by atoms with van der Waals surface area (Å²) in [7, 11) is 0. The molecular formula is C26H27N. The number of nitrogens with two attached hydrogens (primary N) is 1. The Bertz CT molecular complexity index is 889. The zero-order chi connectivity index (χ0) is 18.3. The zero-order valence-electron chi connectivity index (χ0n) is 15.8. The van der Waals surface area contributed by atoms with E-state index in [9.17, 15) is 0 Å². The van der Waals surface area contributed by atoms with Crippen molar-refractivity contribution in [1.82, 2.24) is 0 Å². The molecule has 0 spiro atoms. The molecular weight excluding hydrogens is 326 g/mol. The maximum Gasteiger partial charge on any atom is 0.0508 e. The van der Waals surface area contributed by atoms with Crippen LogP contribution in [0.25, 0.3) is 0 Å². The van der Waals surface area contributed by atoms with Gasteiger partial charge in [-0.1, -0.05) is 92.1 Å². The van der Waals surface area contributed by atoms with Crippen LogP contribution in [0.4, 0.5) is 5.69 Å². The summed E-state index contributed by atoms with van der Waals surface area (Å²) in [5.74, 6) is 1.18. The fourth-order valence-electron chi connectivity index (χ4n) is 6.02. The molecule has 0 heterocycles. The van der Waals surface area contributed by atoms with Crippen LogP contribution in [0.15, 0.2) is 78.9 Å². The quantitative estimate of drug-likeness (QED) is 0.539. The fraction of sp³-hybridized carbons (Fsp3) is 0.308. The third kappa shape index (κ3) is 2.37. The van der Waals surface area contributed by atoms with Crippen LogP contribution >= 0.6 is 0 Å². The highest BCUT2D eigenvalue weighted by Gasteiger charge is 2.54. The van der Waals surface area contributed by atoms with E-state index in [1.54, 1.807) is 0 Å². The first-order chi connectivity index (χ1) is 13.3. The lowest BCUT2D eigenvalue weighted by molar-refractivity contribution is 0.329. The maximum absolute atomic E-state index is 6.72. The maximum atomic E-state index is 6.72. The van der Waals surface area contributed by atoms with Crippen LogP contribution in [0, 0.1) is 5.92 Å². The SMILES string of the molecule is Nc1cccc2c1C(c1ccccc1)(c1ccccc1)C1CCCCCC21. The van der Waals surface area contributed by atoms with Crippen LogP contribution in [0.2, 0.25) is 0 Å². The predicted octanol–water partition coefficient (Wildman–Crippen LogP) is 6.28. The van der Waals surface area contributed by atoms with Gasteiger partial charge in [0, 0.05) is 5.69 Å². The molecule has 2 unspecified atom stereocenters. The van der Waals surface area contributed by atoms with Crippen LogP contribution in [0.1, 0.15) is 60.3 Å². The summed E-state index contributed by atoms with van der Waals surface area (Å²) >= 11 is 0. The molecule has 2 aliphatic carbocycles. The van der Waals surface area contributed by atoms with Gasteiger partial charge in [0.15, 0.2) is 0 Å². The molecule has 5 rings (SSSR count). The molecule has 0 aromatic heterocycles. The highest BCUT2D eigenvalue weighted by molar-refractivity contribution is 5.68. The lowest BCUT2D eigenvalue weighted by atomic mass is 9.62. The highest BCUT2D eigenvalue weighted by atomic mass is 14.6. The first-order valence-electron chi connectivity index (χ1n) is 10.3. The predicted molar refractivity (Wildman–Crippen MR) is 113 cm³/mol. The Morgan fingerprint density at radius 3 is 1.96 bits per heavy atom. The van der Waals surface area contributed by atoms with Crippen molar-refractivity contribution in [2.24, 2.45) is 5.92 Å². The largest absolute Gasteiger partial charge is 0.398 e. The molecule has 27 heavy (non-hydrogen) atoms. The van der Waals surface area contributed by atoms with E-state index in [0.29, 0.717) is 11.8 Å². The van der Waals surface area contributed by atoms with Gasteiger partial charge in [0.05, 0.1) is 5.41 Å². The van der Waals surface area contributed by atoms with Crippen molar-refractivity contribution in [3.63, 3.8) is 0 Å². The average molecular weight is 354 g/mol. The number of fused-ring (bicyclic) bond motifs is 3. The third-order valence-corrected chi connectivity index (χ3v) is 6.95. The molecule has 0 saturated heterocycles. The van der Waals surface area contributed by atoms with Crippen molar-refractivity contribution in [1.29, 1.82) is 0 Å². The van der Waals surface area contributed by atoms with E-state index in [2.05, 4.69) is 78.9 Å². The highest BCUT2D eigenvalue weighted by Crippen LogP contribution is 2.62. The Balaban J connectivity index is 1.89. The molecule has 0 amide bonds. The van der Waals surface area contributed by atoms with E-state index in [1.165, 1.54) is 54.4 Å². The molecule has 2 aliphatic rings. The number of nitrogen functional groups attached to an aromatic ring is 1. The Hall–Kier alpha value is -2.54. The number of benzene rings is 3. The van der Waals surface area contributed by atoms with Gasteiger partial charge in [-0.05, 0) is 53.0 Å². The van der Waals surface area contributed by atoms with E-state index < -0.39 is 0 Å². The number of hydrogen-bond acceptors (Lipinski definition) is 1. The summed E-state index contributed by atoms with van der Waals surface area (Å²) in [6.07, 6.45) is 6.54. The molecule has 2 N–H and O–H groups in total. The van der Waals surface area contributed by atoms with Crippen molar-refractivity contribution in [3.05, 3.63) is 101 Å². The van der Waals surface area contributed by atoms with Gasteiger partial charge in [-0.25, -0.2) is 0 Å². The van der Waals surface area contributed by atoms with Crippen LogP contribution in [-0.4, -0.2) is 0 Å². The van der Waals surface area contributed by atoms with Gasteiger partial charge in [0.2, 0.25) is 0 Å². The van der Waals surface area contributed by atoms with Crippen LogP contribution in [-0.2, 0) is 5.41 Å². The van der Waals surface area contributed by atoms with Gasteiger partial charge in [-0.15, -0.1) is 0 Å². The van der Waals surface area contributed by atoms with Crippen LogP contribution < -0.4 is 5.73 Å². The van der Waals surface area contributed by atoms with Gasteiger partial charge in [0.25, 0.3) is 0 Å². The van der Waals surface area contributed by atoms with Gasteiger partial charge >= 0.3 is 0 Å². The molecule has 0 radical (unpaired) electrons. The minimum atomic E-state index is -0.141. The fourth-order valence-corrected chi connectivity index (χ4v) is 6.02. The van der Waals surface area contributed by atoms with Gasteiger partial charge < -0.3 is 5.73 Å². The molecule has 136 valence electrons. The van der Waals surface area contributed by atoms with Crippen molar-refractivity contribution >= 4 is 5.69 Å². The topological polar surface area (TPSA) is 26.0 Å². The molecule has 1 fully saturated rings. The summed E-state index contributed by atoms with van der Waals surface area (Å²) in [6, 6.07) is 28.8. The molecule has 2 atom stereocenters. The second-order valence-electron chi connectivity index (χ2n) is 8.20. The Morgan fingerprint density at radius 1 is 0.667 bits per heavy atom. The van der Waals surface area contributed by atoms with Gasteiger partial charge in [0.1, 0.15) is 0 Å². The summed E-state index contributed by atoms with van der Waals surface area (Å²) in [6.45, 7) is 0. The number of anilines is 1. The van der Waals surface area contributed by atoms with E-state index in [4.69, 9.17) is 5.73 Å². The van der Waals surface area contributed by atoms with Crippen molar-refractivity contribution in [2.45, 2.75) is 43.4 Å². The first kappa shape index (κ1) is 16.6. The van der Waals surface area contributed by atoms with Crippen molar-refractivity contribution < 1.29 is 0 Å². The Labute approximate surface area is 162 Å². The lowest BCUT2D eigenvalue weighted by Gasteiger charge is -2.40. The lowest BCUT2D eigenvalue weighted by Crippen LogP contribution is -2.36.